The minimum atomic E-state index is -1.04. The predicted molar refractivity (Wildman–Crippen MR) is 81.5 cm³/mol. The van der Waals surface area contributed by atoms with Crippen molar-refractivity contribution in [2.24, 2.45) is 0 Å². The lowest BCUT2D eigenvalue weighted by Crippen LogP contribution is -2.15. The van der Waals surface area contributed by atoms with Crippen LogP contribution in [0.2, 0.25) is 0 Å². The normalized spacial score (nSPS) is 10.1. The molecule has 0 saturated heterocycles. The third kappa shape index (κ3) is 3.92. The number of carbonyl (C=O) groups is 2. The van der Waals surface area contributed by atoms with E-state index in [4.69, 9.17) is 0 Å². The summed E-state index contributed by atoms with van der Waals surface area (Å²) in [6.45, 7) is 1.71. The third-order valence-electron chi connectivity index (χ3n) is 3.24. The van der Waals surface area contributed by atoms with Crippen LogP contribution in [-0.2, 0) is 11.2 Å². The summed E-state index contributed by atoms with van der Waals surface area (Å²) in [5.74, 6) is -1.22. The minimum Gasteiger partial charge on any atom is -0.478 e. The van der Waals surface area contributed by atoms with Gasteiger partial charge in [-0.1, -0.05) is 42.5 Å². The van der Waals surface area contributed by atoms with Gasteiger partial charge in [-0.05, 0) is 30.5 Å². The van der Waals surface area contributed by atoms with Gasteiger partial charge in [0.1, 0.15) is 0 Å². The van der Waals surface area contributed by atoms with Gasteiger partial charge in [0.15, 0.2) is 0 Å². The van der Waals surface area contributed by atoms with Crippen LogP contribution in [0.25, 0.3) is 0 Å². The van der Waals surface area contributed by atoms with E-state index >= 15 is 0 Å². The summed E-state index contributed by atoms with van der Waals surface area (Å²) in [4.78, 5) is 23.2. The Kier molecular flexibility index (Phi) is 4.72. The van der Waals surface area contributed by atoms with Gasteiger partial charge >= 0.3 is 5.97 Å². The fourth-order valence-electron chi connectivity index (χ4n) is 2.17. The van der Waals surface area contributed by atoms with Crippen LogP contribution < -0.4 is 5.32 Å². The highest BCUT2D eigenvalue weighted by atomic mass is 16.4. The van der Waals surface area contributed by atoms with Crippen LogP contribution in [0, 0.1) is 6.92 Å². The van der Waals surface area contributed by atoms with Crippen molar-refractivity contribution >= 4 is 17.6 Å². The molecule has 21 heavy (non-hydrogen) atoms. The number of amides is 1. The molecule has 0 aliphatic rings. The summed E-state index contributed by atoms with van der Waals surface area (Å²) >= 11 is 0. The topological polar surface area (TPSA) is 66.4 Å². The number of carboxylic acids is 1. The quantitative estimate of drug-likeness (QED) is 0.885. The highest BCUT2D eigenvalue weighted by Gasteiger charge is 2.14. The van der Waals surface area contributed by atoms with Crippen molar-refractivity contribution in [1.82, 2.24) is 0 Å². The number of carboxylic acid groups (broad SMARTS) is 1. The van der Waals surface area contributed by atoms with Gasteiger partial charge in [0.2, 0.25) is 5.91 Å². The second kappa shape index (κ2) is 6.70. The van der Waals surface area contributed by atoms with Crippen LogP contribution in [0.15, 0.2) is 48.5 Å². The summed E-state index contributed by atoms with van der Waals surface area (Å²) in [5, 5.41) is 11.9. The summed E-state index contributed by atoms with van der Waals surface area (Å²) in [6, 6.07) is 14.8. The number of aryl methyl sites for hydroxylation is 2. The van der Waals surface area contributed by atoms with E-state index in [-0.39, 0.29) is 11.5 Å². The van der Waals surface area contributed by atoms with E-state index in [0.29, 0.717) is 24.1 Å². The first-order valence-electron chi connectivity index (χ1n) is 6.74. The van der Waals surface area contributed by atoms with E-state index in [1.165, 1.54) is 0 Å². The Labute approximate surface area is 123 Å². The molecule has 0 aliphatic carbocycles. The lowest BCUT2D eigenvalue weighted by atomic mass is 10.1. The Bertz CT molecular complexity index is 650. The second-order valence-electron chi connectivity index (χ2n) is 4.84. The highest BCUT2D eigenvalue weighted by molar-refractivity contribution is 6.01. The van der Waals surface area contributed by atoms with Gasteiger partial charge < -0.3 is 10.4 Å². The Balaban J connectivity index is 2.03. The van der Waals surface area contributed by atoms with E-state index in [2.05, 4.69) is 5.32 Å². The molecule has 2 N–H and O–H groups in total. The third-order valence-corrected chi connectivity index (χ3v) is 3.24. The molecule has 0 heterocycles. The van der Waals surface area contributed by atoms with E-state index < -0.39 is 5.97 Å². The average molecular weight is 283 g/mol. The fourth-order valence-corrected chi connectivity index (χ4v) is 2.17. The molecule has 1 amide bonds. The van der Waals surface area contributed by atoms with Crippen LogP contribution in [0.3, 0.4) is 0 Å². The highest BCUT2D eigenvalue weighted by Crippen LogP contribution is 2.20. The number of hydrogen-bond donors (Lipinski definition) is 2. The lowest BCUT2D eigenvalue weighted by molar-refractivity contribution is -0.116. The van der Waals surface area contributed by atoms with Gasteiger partial charge in [0.05, 0.1) is 11.3 Å². The van der Waals surface area contributed by atoms with Crippen molar-refractivity contribution in [3.63, 3.8) is 0 Å². The largest absolute Gasteiger partial charge is 0.478 e. The number of anilines is 1. The van der Waals surface area contributed by atoms with Crippen molar-refractivity contribution in [3.05, 3.63) is 65.2 Å². The first kappa shape index (κ1) is 14.8. The Morgan fingerprint density at radius 3 is 2.43 bits per heavy atom. The van der Waals surface area contributed by atoms with E-state index in [9.17, 15) is 14.7 Å². The second-order valence-corrected chi connectivity index (χ2v) is 4.84. The van der Waals surface area contributed by atoms with Crippen molar-refractivity contribution in [3.8, 4) is 0 Å². The maximum Gasteiger partial charge on any atom is 0.338 e. The SMILES string of the molecule is Cc1cccc(NC(=O)CCc2ccccc2)c1C(=O)O. The number of carbonyl (C=O) groups excluding carboxylic acids is 1. The van der Waals surface area contributed by atoms with Gasteiger partial charge in [-0.2, -0.15) is 0 Å². The number of hydrogen-bond acceptors (Lipinski definition) is 2. The molecule has 0 spiro atoms. The van der Waals surface area contributed by atoms with Gasteiger partial charge in [0.25, 0.3) is 0 Å². The van der Waals surface area contributed by atoms with Gasteiger partial charge in [0, 0.05) is 6.42 Å². The molecular weight excluding hydrogens is 266 g/mol. The lowest BCUT2D eigenvalue weighted by Gasteiger charge is -2.10. The monoisotopic (exact) mass is 283 g/mol. The molecule has 0 atom stereocenters. The fraction of sp³-hybridized carbons (Fsp3) is 0.176. The van der Waals surface area contributed by atoms with Crippen molar-refractivity contribution in [2.45, 2.75) is 19.8 Å². The van der Waals surface area contributed by atoms with Crippen molar-refractivity contribution < 1.29 is 14.7 Å². The minimum absolute atomic E-state index is 0.144. The van der Waals surface area contributed by atoms with Crippen LogP contribution in [-0.4, -0.2) is 17.0 Å². The van der Waals surface area contributed by atoms with Crippen LogP contribution in [0.5, 0.6) is 0 Å². The molecule has 0 aromatic heterocycles. The molecule has 0 radical (unpaired) electrons. The Hall–Kier alpha value is -2.62. The summed E-state index contributed by atoms with van der Waals surface area (Å²) in [5.41, 5.74) is 2.20. The number of benzene rings is 2. The first-order valence-corrected chi connectivity index (χ1v) is 6.74. The summed E-state index contributed by atoms with van der Waals surface area (Å²) in [6.07, 6.45) is 0.942. The summed E-state index contributed by atoms with van der Waals surface area (Å²) in [7, 11) is 0. The molecule has 2 rings (SSSR count). The molecular formula is C17H17NO3. The van der Waals surface area contributed by atoms with Crippen LogP contribution in [0.1, 0.15) is 27.9 Å². The zero-order chi connectivity index (χ0) is 15.2. The molecule has 2 aromatic rings. The number of aromatic carboxylic acids is 1. The maximum atomic E-state index is 12.0. The number of nitrogens with one attached hydrogen (secondary N) is 1. The smallest absolute Gasteiger partial charge is 0.338 e. The van der Waals surface area contributed by atoms with Crippen molar-refractivity contribution in [1.29, 1.82) is 0 Å². The van der Waals surface area contributed by atoms with Crippen molar-refractivity contribution in [2.75, 3.05) is 5.32 Å². The zero-order valence-corrected chi connectivity index (χ0v) is 11.8. The Morgan fingerprint density at radius 1 is 1.05 bits per heavy atom. The van der Waals surface area contributed by atoms with E-state index in [1.807, 2.05) is 30.3 Å². The maximum absolute atomic E-state index is 12.0. The molecule has 0 fully saturated rings. The van der Waals surface area contributed by atoms with Gasteiger partial charge in [-0.25, -0.2) is 4.79 Å². The Morgan fingerprint density at radius 2 is 1.76 bits per heavy atom. The average Bonchev–Trinajstić information content (AvgIpc) is 2.46. The molecule has 4 nitrogen and oxygen atoms in total. The van der Waals surface area contributed by atoms with Gasteiger partial charge in [-0.3, -0.25) is 4.79 Å². The predicted octanol–water partition coefficient (Wildman–Crippen LogP) is 3.26. The summed E-state index contributed by atoms with van der Waals surface area (Å²) < 4.78 is 0. The van der Waals surface area contributed by atoms with Crippen LogP contribution >= 0.6 is 0 Å². The number of rotatable bonds is 5. The molecule has 2 aromatic carbocycles. The molecule has 108 valence electrons. The molecule has 0 bridgehead atoms. The molecule has 0 saturated carbocycles. The molecule has 0 unspecified atom stereocenters. The first-order chi connectivity index (χ1) is 10.1. The van der Waals surface area contributed by atoms with Crippen LogP contribution in [0.4, 0.5) is 5.69 Å². The zero-order valence-electron chi connectivity index (χ0n) is 11.8. The van der Waals surface area contributed by atoms with E-state index in [0.717, 1.165) is 5.56 Å². The van der Waals surface area contributed by atoms with Gasteiger partial charge in [-0.15, -0.1) is 0 Å². The standard InChI is InChI=1S/C17H17NO3/c1-12-6-5-9-14(16(12)17(20)21)18-15(19)11-10-13-7-3-2-4-8-13/h2-9H,10-11H2,1H3,(H,18,19)(H,20,21). The van der Waals surface area contributed by atoms with E-state index in [1.54, 1.807) is 25.1 Å². The molecule has 0 aliphatic heterocycles. The molecule has 4 heteroatoms.